The first-order valence-electron chi connectivity index (χ1n) is 10.3. The van der Waals surface area contributed by atoms with E-state index >= 15 is 0 Å². The van der Waals surface area contributed by atoms with E-state index in [2.05, 4.69) is 5.32 Å². The minimum atomic E-state index is -3.58. The number of hydrogen-bond donors (Lipinski definition) is 1. The number of hydrogen-bond acceptors (Lipinski definition) is 5. The Kier molecular flexibility index (Phi) is 6.17. The Morgan fingerprint density at radius 3 is 2.55 bits per heavy atom. The predicted molar refractivity (Wildman–Crippen MR) is 113 cm³/mol. The molecule has 0 radical (unpaired) electrons. The Bertz CT molecular complexity index is 891. The molecule has 4 rings (SSSR count). The summed E-state index contributed by atoms with van der Waals surface area (Å²) in [6, 6.07) is 5.09. The first-order valence-corrected chi connectivity index (χ1v) is 12.7. The molecule has 158 valence electrons. The second-order valence-electron chi connectivity index (χ2n) is 7.91. The number of rotatable bonds is 5. The van der Waals surface area contributed by atoms with Gasteiger partial charge in [-0.25, -0.2) is 8.42 Å². The van der Waals surface area contributed by atoms with E-state index in [1.54, 1.807) is 18.2 Å². The fourth-order valence-corrected chi connectivity index (χ4v) is 6.71. The molecule has 1 aromatic rings. The summed E-state index contributed by atoms with van der Waals surface area (Å²) < 4.78 is 27.4. The molecule has 1 aliphatic carbocycles. The van der Waals surface area contributed by atoms with Crippen LogP contribution in [0.15, 0.2) is 28.0 Å². The highest BCUT2D eigenvalue weighted by Gasteiger charge is 2.32. The van der Waals surface area contributed by atoms with Gasteiger partial charge in [0.15, 0.2) is 0 Å². The van der Waals surface area contributed by atoms with Crippen molar-refractivity contribution in [1.29, 1.82) is 0 Å². The summed E-state index contributed by atoms with van der Waals surface area (Å²) in [6.45, 7) is 0.983. The Labute approximate surface area is 176 Å². The molecule has 7 nitrogen and oxygen atoms in total. The van der Waals surface area contributed by atoms with Crippen molar-refractivity contribution in [3.05, 3.63) is 18.2 Å². The highest BCUT2D eigenvalue weighted by Crippen LogP contribution is 2.37. The molecule has 1 saturated carbocycles. The van der Waals surface area contributed by atoms with E-state index in [0.29, 0.717) is 18.8 Å². The van der Waals surface area contributed by atoms with Gasteiger partial charge in [0.05, 0.1) is 16.3 Å². The molecule has 9 heteroatoms. The van der Waals surface area contributed by atoms with Gasteiger partial charge in [0.1, 0.15) is 6.54 Å². The fraction of sp³-hybridized carbons (Fsp3) is 0.600. The summed E-state index contributed by atoms with van der Waals surface area (Å²) >= 11 is 1.38. The molecule has 1 aromatic carbocycles. The molecule has 2 aliphatic heterocycles. The summed E-state index contributed by atoms with van der Waals surface area (Å²) in [6.07, 6.45) is 7.12. The lowest BCUT2D eigenvalue weighted by Crippen LogP contribution is -2.46. The van der Waals surface area contributed by atoms with Gasteiger partial charge >= 0.3 is 0 Å². The molecule has 2 amide bonds. The van der Waals surface area contributed by atoms with Crippen LogP contribution in [0, 0.1) is 0 Å². The van der Waals surface area contributed by atoms with Gasteiger partial charge in [-0.15, -0.1) is 11.8 Å². The van der Waals surface area contributed by atoms with Gasteiger partial charge in [-0.2, -0.15) is 4.31 Å². The van der Waals surface area contributed by atoms with Crippen molar-refractivity contribution in [3.8, 4) is 0 Å². The van der Waals surface area contributed by atoms with Gasteiger partial charge in [-0.3, -0.25) is 9.59 Å². The summed E-state index contributed by atoms with van der Waals surface area (Å²) in [5.74, 6) is -0.102. The molecule has 2 fully saturated rings. The number of sulfonamides is 1. The van der Waals surface area contributed by atoms with E-state index in [9.17, 15) is 18.0 Å². The molecular formula is C20H27N3O4S2. The largest absolute Gasteiger partial charge is 0.352 e. The smallest absolute Gasteiger partial charge is 0.243 e. The first kappa shape index (κ1) is 20.7. The first-order chi connectivity index (χ1) is 13.9. The number of thioether (sulfide) groups is 1. The Hall–Kier alpha value is -1.58. The summed E-state index contributed by atoms with van der Waals surface area (Å²) in [5, 5.41) is 3.04. The van der Waals surface area contributed by atoms with Gasteiger partial charge < -0.3 is 10.2 Å². The lowest BCUT2D eigenvalue weighted by Gasteiger charge is -2.30. The number of nitrogens with zero attached hydrogens (tertiary/aromatic N) is 2. The van der Waals surface area contributed by atoms with Crippen LogP contribution in [0.5, 0.6) is 0 Å². The van der Waals surface area contributed by atoms with Crippen molar-refractivity contribution in [2.24, 2.45) is 0 Å². The maximum absolute atomic E-state index is 12.9. The van der Waals surface area contributed by atoms with Crippen molar-refractivity contribution in [1.82, 2.24) is 9.62 Å². The van der Waals surface area contributed by atoms with Crippen molar-refractivity contribution in [3.63, 3.8) is 0 Å². The highest BCUT2D eigenvalue weighted by atomic mass is 32.2. The van der Waals surface area contributed by atoms with Gasteiger partial charge in [0.2, 0.25) is 21.8 Å². The van der Waals surface area contributed by atoms with Gasteiger partial charge in [0, 0.05) is 24.0 Å². The lowest BCUT2D eigenvalue weighted by molar-refractivity contribution is -0.123. The SMILES string of the molecule is O=C(CN1C(=O)CSc2ccc(S(=O)(=O)N3CCCC3)cc21)NC1CCCCC1. The van der Waals surface area contributed by atoms with Crippen molar-refractivity contribution in [2.45, 2.75) is 60.8 Å². The molecule has 29 heavy (non-hydrogen) atoms. The second kappa shape index (κ2) is 8.65. The second-order valence-corrected chi connectivity index (χ2v) is 10.9. The zero-order chi connectivity index (χ0) is 20.4. The number of benzene rings is 1. The summed E-state index contributed by atoms with van der Waals surface area (Å²) in [7, 11) is -3.58. The van der Waals surface area contributed by atoms with E-state index in [-0.39, 0.29) is 35.0 Å². The number of amides is 2. The Morgan fingerprint density at radius 2 is 1.83 bits per heavy atom. The number of carbonyl (C=O) groups excluding carboxylic acids is 2. The molecule has 2 heterocycles. The molecule has 0 spiro atoms. The zero-order valence-electron chi connectivity index (χ0n) is 16.4. The minimum Gasteiger partial charge on any atom is -0.352 e. The molecule has 0 bridgehead atoms. The Balaban J connectivity index is 1.55. The monoisotopic (exact) mass is 437 g/mol. The van der Waals surface area contributed by atoms with Crippen LogP contribution in [0.4, 0.5) is 5.69 Å². The lowest BCUT2D eigenvalue weighted by atomic mass is 9.95. The predicted octanol–water partition coefficient (Wildman–Crippen LogP) is 2.36. The van der Waals surface area contributed by atoms with Crippen molar-refractivity contribution < 1.29 is 18.0 Å². The average Bonchev–Trinajstić information content (AvgIpc) is 3.26. The third-order valence-electron chi connectivity index (χ3n) is 5.85. The van der Waals surface area contributed by atoms with Gasteiger partial charge in [-0.1, -0.05) is 19.3 Å². The summed E-state index contributed by atoms with van der Waals surface area (Å²) in [4.78, 5) is 27.6. The maximum Gasteiger partial charge on any atom is 0.243 e. The average molecular weight is 438 g/mol. The third-order valence-corrected chi connectivity index (χ3v) is 8.79. The van der Waals surface area contributed by atoms with E-state index in [1.807, 2.05) is 0 Å². The van der Waals surface area contributed by atoms with Crippen LogP contribution in [-0.4, -0.2) is 56.0 Å². The Morgan fingerprint density at radius 1 is 1.10 bits per heavy atom. The minimum absolute atomic E-state index is 0.0733. The number of nitrogens with one attached hydrogen (secondary N) is 1. The molecule has 1 N–H and O–H groups in total. The normalized spacial score (nSPS) is 21.2. The van der Waals surface area contributed by atoms with Crippen molar-refractivity contribution in [2.75, 3.05) is 30.3 Å². The van der Waals surface area contributed by atoms with Crippen LogP contribution in [0.3, 0.4) is 0 Å². The molecule has 1 saturated heterocycles. The van der Waals surface area contributed by atoms with Crippen LogP contribution in [0.1, 0.15) is 44.9 Å². The molecular weight excluding hydrogens is 410 g/mol. The number of carbonyl (C=O) groups is 2. The number of anilines is 1. The quantitative estimate of drug-likeness (QED) is 0.764. The zero-order valence-corrected chi connectivity index (χ0v) is 18.1. The van der Waals surface area contributed by atoms with E-state index in [1.165, 1.54) is 27.4 Å². The maximum atomic E-state index is 12.9. The topological polar surface area (TPSA) is 86.8 Å². The molecule has 3 aliphatic rings. The van der Waals surface area contributed by atoms with Crippen LogP contribution in [0.25, 0.3) is 0 Å². The van der Waals surface area contributed by atoms with E-state index in [4.69, 9.17) is 0 Å². The van der Waals surface area contributed by atoms with Crippen LogP contribution in [-0.2, 0) is 19.6 Å². The van der Waals surface area contributed by atoms with Crippen LogP contribution < -0.4 is 10.2 Å². The van der Waals surface area contributed by atoms with Gasteiger partial charge in [0.25, 0.3) is 0 Å². The van der Waals surface area contributed by atoms with Crippen LogP contribution in [0.2, 0.25) is 0 Å². The van der Waals surface area contributed by atoms with Crippen LogP contribution >= 0.6 is 11.8 Å². The van der Waals surface area contributed by atoms with E-state index < -0.39 is 10.0 Å². The molecule has 0 atom stereocenters. The van der Waals surface area contributed by atoms with Crippen molar-refractivity contribution >= 4 is 39.3 Å². The highest BCUT2D eigenvalue weighted by molar-refractivity contribution is 8.00. The number of fused-ring (bicyclic) bond motifs is 1. The van der Waals surface area contributed by atoms with E-state index in [0.717, 1.165) is 43.4 Å². The molecule has 0 unspecified atom stereocenters. The fourth-order valence-electron chi connectivity index (χ4n) is 4.26. The molecule has 0 aromatic heterocycles. The third kappa shape index (κ3) is 4.46. The van der Waals surface area contributed by atoms with Gasteiger partial charge in [-0.05, 0) is 43.9 Å². The summed E-state index contributed by atoms with van der Waals surface area (Å²) in [5.41, 5.74) is 0.519. The standard InChI is InChI=1S/C20H27N3O4S2/c24-19(21-15-6-2-1-3-7-15)13-23-17-12-16(8-9-18(17)28-14-20(23)25)29(26,27)22-10-4-5-11-22/h8-9,12,15H,1-7,10-11,13-14H2,(H,21,24).